The Hall–Kier alpha value is -3.49. The normalized spacial score (nSPS) is 10.9. The van der Waals surface area contributed by atoms with Gasteiger partial charge in [0.1, 0.15) is 11.6 Å². The Bertz CT molecular complexity index is 1280. The standard InChI is InChI=1S/C27H27FN4O2S/c1-34-17-16-32-26(25(31-27(32)35-2)20-9-11-22(28)12-10-20)21-14-15-29-23(18-21)30-24(33)13-8-19-6-4-3-5-7-19/h3-7,9-12,14-15,18H,8,13,16-17H2,1-2H3,(H,29,30,33). The molecule has 6 nitrogen and oxygen atoms in total. The maximum Gasteiger partial charge on any atom is 0.225 e. The lowest BCUT2D eigenvalue weighted by molar-refractivity contribution is -0.116. The fourth-order valence-corrected chi connectivity index (χ4v) is 4.42. The average Bonchev–Trinajstić information content (AvgIpc) is 3.26. The summed E-state index contributed by atoms with van der Waals surface area (Å²) in [4.78, 5) is 21.8. The first-order valence-corrected chi connectivity index (χ1v) is 12.5. The Labute approximate surface area is 208 Å². The van der Waals surface area contributed by atoms with E-state index in [0.717, 1.165) is 33.2 Å². The molecule has 0 unspecified atom stereocenters. The number of anilines is 1. The van der Waals surface area contributed by atoms with E-state index in [1.807, 2.05) is 48.7 Å². The number of ether oxygens (including phenoxy) is 1. The minimum Gasteiger partial charge on any atom is -0.383 e. The second-order valence-electron chi connectivity index (χ2n) is 7.91. The van der Waals surface area contributed by atoms with Crippen molar-refractivity contribution in [2.75, 3.05) is 25.3 Å². The molecule has 1 amide bonds. The van der Waals surface area contributed by atoms with Gasteiger partial charge in [0, 0.05) is 37.4 Å². The van der Waals surface area contributed by atoms with Crippen LogP contribution in [0.15, 0.2) is 78.1 Å². The van der Waals surface area contributed by atoms with Crippen LogP contribution in [-0.2, 0) is 22.5 Å². The molecular formula is C27H27FN4O2S. The molecule has 0 atom stereocenters. The van der Waals surface area contributed by atoms with Crippen LogP contribution in [0.3, 0.4) is 0 Å². The van der Waals surface area contributed by atoms with Crippen LogP contribution in [0, 0.1) is 5.82 Å². The molecule has 0 aliphatic rings. The van der Waals surface area contributed by atoms with Gasteiger partial charge in [-0.1, -0.05) is 42.1 Å². The summed E-state index contributed by atoms with van der Waals surface area (Å²) >= 11 is 1.53. The number of rotatable bonds is 10. The molecule has 0 spiro atoms. The van der Waals surface area contributed by atoms with Crippen molar-refractivity contribution < 1.29 is 13.9 Å². The summed E-state index contributed by atoms with van der Waals surface area (Å²) in [5.74, 6) is 0.0642. The minimum atomic E-state index is -0.302. The largest absolute Gasteiger partial charge is 0.383 e. The van der Waals surface area contributed by atoms with Crippen LogP contribution < -0.4 is 5.32 Å². The number of thioether (sulfide) groups is 1. The van der Waals surface area contributed by atoms with Crippen LogP contribution in [0.1, 0.15) is 12.0 Å². The van der Waals surface area contributed by atoms with Crippen molar-refractivity contribution in [3.05, 3.63) is 84.3 Å². The number of halogens is 1. The fourth-order valence-electron chi connectivity index (χ4n) is 3.83. The molecular weight excluding hydrogens is 463 g/mol. The van der Waals surface area contributed by atoms with Gasteiger partial charge in [0.05, 0.1) is 18.0 Å². The first-order valence-electron chi connectivity index (χ1n) is 11.3. The Morgan fingerprint density at radius 3 is 2.57 bits per heavy atom. The number of carbonyl (C=O) groups excluding carboxylic acids is 1. The predicted octanol–water partition coefficient (Wildman–Crippen LogP) is 5.69. The summed E-state index contributed by atoms with van der Waals surface area (Å²) in [6.45, 7) is 1.10. The average molecular weight is 491 g/mol. The van der Waals surface area contributed by atoms with Crippen molar-refractivity contribution >= 4 is 23.5 Å². The number of aryl methyl sites for hydroxylation is 1. The number of benzene rings is 2. The Morgan fingerprint density at radius 1 is 1.09 bits per heavy atom. The highest BCUT2D eigenvalue weighted by Gasteiger charge is 2.20. The number of hydrogen-bond donors (Lipinski definition) is 1. The summed E-state index contributed by atoms with van der Waals surface area (Å²) in [7, 11) is 1.66. The van der Waals surface area contributed by atoms with Gasteiger partial charge < -0.3 is 14.6 Å². The van der Waals surface area contributed by atoms with E-state index in [9.17, 15) is 9.18 Å². The van der Waals surface area contributed by atoms with Gasteiger partial charge in [-0.15, -0.1) is 0 Å². The topological polar surface area (TPSA) is 69.0 Å². The van der Waals surface area contributed by atoms with Gasteiger partial charge in [-0.25, -0.2) is 14.4 Å². The van der Waals surface area contributed by atoms with Crippen molar-refractivity contribution in [3.8, 4) is 22.5 Å². The number of carbonyl (C=O) groups is 1. The number of nitrogens with zero attached hydrogens (tertiary/aromatic N) is 3. The SMILES string of the molecule is COCCn1c(SC)nc(-c2ccc(F)cc2)c1-c1ccnc(NC(=O)CCc2ccccc2)c1. The van der Waals surface area contributed by atoms with Crippen molar-refractivity contribution in [2.24, 2.45) is 0 Å². The zero-order valence-corrected chi connectivity index (χ0v) is 20.5. The van der Waals surface area contributed by atoms with Crippen molar-refractivity contribution in [3.63, 3.8) is 0 Å². The van der Waals surface area contributed by atoms with E-state index in [1.165, 1.54) is 23.9 Å². The smallest absolute Gasteiger partial charge is 0.225 e. The lowest BCUT2D eigenvalue weighted by Gasteiger charge is -2.13. The first-order chi connectivity index (χ1) is 17.1. The molecule has 0 bridgehead atoms. The molecule has 0 saturated heterocycles. The second kappa shape index (κ2) is 11.8. The molecule has 8 heteroatoms. The van der Waals surface area contributed by atoms with Crippen LogP contribution >= 0.6 is 11.8 Å². The molecule has 2 aromatic heterocycles. The predicted molar refractivity (Wildman–Crippen MR) is 138 cm³/mol. The maximum atomic E-state index is 13.6. The second-order valence-corrected chi connectivity index (χ2v) is 8.68. The Balaban J connectivity index is 1.65. The van der Waals surface area contributed by atoms with Crippen molar-refractivity contribution in [2.45, 2.75) is 24.5 Å². The summed E-state index contributed by atoms with van der Waals surface area (Å²) < 4.78 is 21.0. The molecule has 1 N–H and O–H groups in total. The van der Waals surface area contributed by atoms with Crippen LogP contribution in [0.5, 0.6) is 0 Å². The van der Waals surface area contributed by atoms with Gasteiger partial charge in [-0.05, 0) is 54.6 Å². The monoisotopic (exact) mass is 490 g/mol. The maximum absolute atomic E-state index is 13.6. The summed E-state index contributed by atoms with van der Waals surface area (Å²) in [5.41, 5.74) is 4.36. The minimum absolute atomic E-state index is 0.102. The van der Waals surface area contributed by atoms with E-state index in [1.54, 1.807) is 25.4 Å². The molecule has 35 heavy (non-hydrogen) atoms. The van der Waals surface area contributed by atoms with E-state index >= 15 is 0 Å². The van der Waals surface area contributed by atoms with Crippen LogP contribution in [-0.4, -0.2) is 40.4 Å². The van der Waals surface area contributed by atoms with Gasteiger partial charge >= 0.3 is 0 Å². The molecule has 0 saturated carbocycles. The first kappa shape index (κ1) is 24.6. The number of pyridine rings is 1. The third-order valence-corrected chi connectivity index (χ3v) is 6.21. The highest BCUT2D eigenvalue weighted by molar-refractivity contribution is 7.98. The van der Waals surface area contributed by atoms with Gasteiger partial charge in [-0.2, -0.15) is 0 Å². The highest BCUT2D eigenvalue weighted by Crippen LogP contribution is 2.36. The molecule has 180 valence electrons. The number of aromatic nitrogens is 3. The number of methoxy groups -OCH3 is 1. The number of imidazole rings is 1. The van der Waals surface area contributed by atoms with Crippen molar-refractivity contribution in [1.82, 2.24) is 14.5 Å². The molecule has 2 aromatic carbocycles. The van der Waals surface area contributed by atoms with Crippen molar-refractivity contribution in [1.29, 1.82) is 0 Å². The summed E-state index contributed by atoms with van der Waals surface area (Å²) in [5, 5.41) is 3.73. The van der Waals surface area contributed by atoms with E-state index in [-0.39, 0.29) is 11.7 Å². The number of nitrogens with one attached hydrogen (secondary N) is 1. The van der Waals surface area contributed by atoms with Gasteiger partial charge in [-0.3, -0.25) is 4.79 Å². The fraction of sp³-hybridized carbons (Fsp3) is 0.222. The summed E-state index contributed by atoms with van der Waals surface area (Å²) in [6, 6.07) is 19.9. The molecule has 0 fully saturated rings. The van der Waals surface area contributed by atoms with Gasteiger partial charge in [0.25, 0.3) is 0 Å². The lowest BCUT2D eigenvalue weighted by atomic mass is 10.1. The molecule has 4 rings (SSSR count). The van der Waals surface area contributed by atoms with Crippen LogP contribution in [0.2, 0.25) is 0 Å². The van der Waals surface area contributed by atoms with E-state index < -0.39 is 0 Å². The molecule has 0 aliphatic carbocycles. The Kier molecular flexibility index (Phi) is 8.28. The van der Waals surface area contributed by atoms with Gasteiger partial charge in [0.15, 0.2) is 5.16 Å². The van der Waals surface area contributed by atoms with Gasteiger partial charge in [0.2, 0.25) is 5.91 Å². The van der Waals surface area contributed by atoms with E-state index in [2.05, 4.69) is 14.9 Å². The zero-order valence-electron chi connectivity index (χ0n) is 19.7. The van der Waals surface area contributed by atoms with Crippen LogP contribution in [0.4, 0.5) is 10.2 Å². The zero-order chi connectivity index (χ0) is 24.6. The third-order valence-electron chi connectivity index (χ3n) is 5.54. The molecule has 0 radical (unpaired) electrons. The quantitative estimate of drug-likeness (QED) is 0.289. The third kappa shape index (κ3) is 6.15. The molecule has 0 aliphatic heterocycles. The molecule has 2 heterocycles. The van der Waals surface area contributed by atoms with E-state index in [0.29, 0.717) is 31.8 Å². The highest BCUT2D eigenvalue weighted by atomic mass is 32.2. The summed E-state index contributed by atoms with van der Waals surface area (Å²) in [6.07, 6.45) is 4.65. The number of hydrogen-bond acceptors (Lipinski definition) is 5. The number of amides is 1. The lowest BCUT2D eigenvalue weighted by Crippen LogP contribution is -2.13. The Morgan fingerprint density at radius 2 is 1.86 bits per heavy atom. The molecule has 4 aromatic rings. The van der Waals surface area contributed by atoms with E-state index in [4.69, 9.17) is 9.72 Å². The van der Waals surface area contributed by atoms with Crippen LogP contribution in [0.25, 0.3) is 22.5 Å².